The van der Waals surface area contributed by atoms with Gasteiger partial charge in [-0.3, -0.25) is 9.69 Å². The highest BCUT2D eigenvalue weighted by molar-refractivity contribution is 5.86. The lowest BCUT2D eigenvalue weighted by Gasteiger charge is -2.32. The normalized spacial score (nSPS) is 19.7. The highest BCUT2D eigenvalue weighted by Crippen LogP contribution is 2.42. The molecule has 0 radical (unpaired) electrons. The molecule has 0 bridgehead atoms. The topological polar surface area (TPSA) is 72.0 Å². The molecule has 2 atom stereocenters. The van der Waals surface area contributed by atoms with Crippen LogP contribution in [0.2, 0.25) is 0 Å². The highest BCUT2D eigenvalue weighted by Gasteiger charge is 2.52. The maximum atomic E-state index is 13.9. The lowest BCUT2D eigenvalue weighted by molar-refractivity contribution is -0.159. The van der Waals surface area contributed by atoms with E-state index in [-0.39, 0.29) is 0 Å². The summed E-state index contributed by atoms with van der Waals surface area (Å²) in [5.41, 5.74) is 0.108. The van der Waals surface area contributed by atoms with Gasteiger partial charge in [0.2, 0.25) is 0 Å². The predicted octanol–water partition coefficient (Wildman–Crippen LogP) is 5.36. The highest BCUT2D eigenvalue weighted by atomic mass is 19.3. The number of carbonyl (C=O) groups excluding carboxylic acids is 2. The number of anilines is 1. The first-order valence-electron chi connectivity index (χ1n) is 11.1. The van der Waals surface area contributed by atoms with E-state index in [0.29, 0.717) is 11.4 Å². The monoisotopic (exact) mass is 493 g/mol. The first kappa shape index (κ1) is 26.5. The number of rotatable bonds is 5. The van der Waals surface area contributed by atoms with Gasteiger partial charge in [-0.25, -0.2) is 14.2 Å². The third-order valence-corrected chi connectivity index (χ3v) is 5.59. The van der Waals surface area contributed by atoms with E-state index in [1.807, 2.05) is 0 Å². The number of ether oxygens (including phenoxy) is 2. The third kappa shape index (κ3) is 5.75. The fraction of sp³-hybridized carbons (Fsp3) is 0.480. The number of carbonyl (C=O) groups is 2. The van der Waals surface area contributed by atoms with Gasteiger partial charge in [0.25, 0.3) is 5.91 Å². The van der Waals surface area contributed by atoms with Crippen LogP contribution >= 0.6 is 0 Å². The lowest BCUT2D eigenvalue weighted by Crippen LogP contribution is -2.51. The van der Waals surface area contributed by atoms with E-state index in [1.54, 1.807) is 70.4 Å². The molecule has 0 unspecified atom stereocenters. The summed E-state index contributed by atoms with van der Waals surface area (Å²) < 4.78 is 51.2. The van der Waals surface area contributed by atoms with Gasteiger partial charge < -0.3 is 14.4 Å². The molecule has 2 amide bonds. The van der Waals surface area contributed by atoms with Crippen molar-refractivity contribution in [1.82, 2.24) is 9.88 Å². The molecule has 1 fully saturated rings. The Kier molecular flexibility index (Phi) is 7.45. The summed E-state index contributed by atoms with van der Waals surface area (Å²) in [7, 11) is 1.57. The van der Waals surface area contributed by atoms with Crippen LogP contribution in [0.4, 0.5) is 23.8 Å². The smallest absolute Gasteiger partial charge is 0.415 e. The van der Waals surface area contributed by atoms with E-state index in [9.17, 15) is 22.8 Å². The van der Waals surface area contributed by atoms with E-state index < -0.39 is 48.6 Å². The van der Waals surface area contributed by atoms with Crippen LogP contribution in [0, 0.1) is 0 Å². The Morgan fingerprint density at radius 3 is 2.23 bits per heavy atom. The molecule has 1 saturated heterocycles. The summed E-state index contributed by atoms with van der Waals surface area (Å²) in [6, 6.07) is 9.26. The Balaban J connectivity index is 1.78. The van der Waals surface area contributed by atoms with Crippen molar-refractivity contribution in [3.05, 3.63) is 48.2 Å². The first-order valence-corrected chi connectivity index (χ1v) is 11.1. The number of aromatic nitrogens is 1. The molecule has 1 aliphatic rings. The fourth-order valence-electron chi connectivity index (χ4n) is 4.00. The van der Waals surface area contributed by atoms with Crippen molar-refractivity contribution in [3.63, 3.8) is 0 Å². The molecule has 1 aromatic heterocycles. The Hall–Kier alpha value is -3.14. The van der Waals surface area contributed by atoms with Crippen LogP contribution in [0.15, 0.2) is 42.6 Å². The Morgan fingerprint density at radius 1 is 1.14 bits per heavy atom. The first-order chi connectivity index (χ1) is 16.2. The summed E-state index contributed by atoms with van der Waals surface area (Å²) in [5.74, 6) is -1.05. The van der Waals surface area contributed by atoms with Crippen molar-refractivity contribution < 1.29 is 32.2 Å². The molecule has 1 aromatic carbocycles. The van der Waals surface area contributed by atoms with E-state index in [2.05, 4.69) is 4.98 Å². The minimum Gasteiger partial charge on any atom is -0.443 e. The summed E-state index contributed by atoms with van der Waals surface area (Å²) in [5, 5.41) is 0. The van der Waals surface area contributed by atoms with E-state index in [1.165, 1.54) is 18.7 Å². The van der Waals surface area contributed by atoms with Crippen LogP contribution in [0.25, 0.3) is 11.1 Å². The van der Waals surface area contributed by atoms with Crippen molar-refractivity contribution in [2.45, 2.75) is 64.5 Å². The van der Waals surface area contributed by atoms with Gasteiger partial charge in [0.15, 0.2) is 0 Å². The summed E-state index contributed by atoms with van der Waals surface area (Å²) >= 11 is 0. The van der Waals surface area contributed by atoms with E-state index in [0.717, 1.165) is 16.0 Å². The average Bonchev–Trinajstić information content (AvgIpc) is 3.07. The van der Waals surface area contributed by atoms with Crippen LogP contribution in [-0.4, -0.2) is 59.4 Å². The summed E-state index contributed by atoms with van der Waals surface area (Å²) in [6.07, 6.45) is -3.07. The van der Waals surface area contributed by atoms with Gasteiger partial charge >= 0.3 is 12.5 Å². The summed E-state index contributed by atoms with van der Waals surface area (Å²) in [4.78, 5) is 30.7. The second-order valence-electron chi connectivity index (χ2n) is 9.78. The molecule has 0 saturated carbocycles. The van der Waals surface area contributed by atoms with Crippen molar-refractivity contribution in [2.75, 3.05) is 18.6 Å². The molecule has 3 rings (SSSR count). The maximum Gasteiger partial charge on any atom is 0.415 e. The predicted molar refractivity (Wildman–Crippen MR) is 125 cm³/mol. The zero-order chi connectivity index (χ0) is 26.1. The number of pyridine rings is 1. The van der Waals surface area contributed by atoms with Crippen molar-refractivity contribution >= 4 is 17.8 Å². The van der Waals surface area contributed by atoms with Crippen LogP contribution < -0.4 is 4.90 Å². The Bertz CT molecular complexity index is 1050. The largest absolute Gasteiger partial charge is 0.443 e. The van der Waals surface area contributed by atoms with Gasteiger partial charge in [-0.2, -0.15) is 8.78 Å². The number of benzene rings is 1. The van der Waals surface area contributed by atoms with Crippen LogP contribution in [0.1, 0.15) is 46.3 Å². The molecule has 0 spiro atoms. The third-order valence-electron chi connectivity index (χ3n) is 5.59. The Morgan fingerprint density at radius 2 is 1.74 bits per heavy atom. The average molecular weight is 494 g/mol. The van der Waals surface area contributed by atoms with E-state index in [4.69, 9.17) is 9.47 Å². The van der Waals surface area contributed by atoms with Crippen LogP contribution in [-0.2, 0) is 14.3 Å². The number of nitrogens with zero attached hydrogens (tertiary/aromatic N) is 3. The second-order valence-corrected chi connectivity index (χ2v) is 9.78. The van der Waals surface area contributed by atoms with Crippen LogP contribution in [0.5, 0.6) is 0 Å². The lowest BCUT2D eigenvalue weighted by atomic mass is 9.99. The molecular formula is C25H30F3N3O4. The molecule has 190 valence electrons. The van der Waals surface area contributed by atoms with Crippen molar-refractivity contribution in [1.29, 1.82) is 0 Å². The standard InChI is InChI=1S/C25H30F3N3O4/c1-24(2,3)35-23(33)30(6)19-12-11-17(14-29-19)15-7-9-16(10-8-15)20-18(13-26)31(22(32)21(27)28)25(4,5)34-20/h7-12,14,18,20-21H,13H2,1-6H3/t18-,20-/m1/s1. The van der Waals surface area contributed by atoms with Crippen molar-refractivity contribution in [2.24, 2.45) is 0 Å². The number of amides is 2. The minimum absolute atomic E-state index is 0.413. The van der Waals surface area contributed by atoms with Gasteiger partial charge in [-0.1, -0.05) is 24.3 Å². The van der Waals surface area contributed by atoms with Crippen LogP contribution in [0.3, 0.4) is 0 Å². The molecule has 2 aromatic rings. The second kappa shape index (κ2) is 9.85. The van der Waals surface area contributed by atoms with Gasteiger partial charge in [0.05, 0.1) is 6.04 Å². The molecule has 1 aliphatic heterocycles. The summed E-state index contributed by atoms with van der Waals surface area (Å²) in [6.45, 7) is 7.24. The Labute approximate surface area is 202 Å². The molecule has 0 N–H and O–H groups in total. The maximum absolute atomic E-state index is 13.9. The van der Waals surface area contributed by atoms with Gasteiger partial charge in [-0.05, 0) is 57.9 Å². The zero-order valence-electron chi connectivity index (χ0n) is 20.6. The molecule has 0 aliphatic carbocycles. The van der Waals surface area contributed by atoms with Gasteiger partial charge in [0, 0.05) is 18.8 Å². The minimum atomic E-state index is -3.25. The number of hydrogen-bond acceptors (Lipinski definition) is 5. The molecule has 10 heteroatoms. The van der Waals surface area contributed by atoms with Crippen molar-refractivity contribution in [3.8, 4) is 11.1 Å². The number of hydrogen-bond donors (Lipinski definition) is 0. The van der Waals surface area contributed by atoms with Gasteiger partial charge in [0.1, 0.15) is 29.9 Å². The quantitative estimate of drug-likeness (QED) is 0.561. The van der Waals surface area contributed by atoms with Gasteiger partial charge in [-0.15, -0.1) is 0 Å². The fourth-order valence-corrected chi connectivity index (χ4v) is 4.00. The zero-order valence-corrected chi connectivity index (χ0v) is 20.6. The number of halogens is 3. The van der Waals surface area contributed by atoms with E-state index >= 15 is 0 Å². The molecule has 35 heavy (non-hydrogen) atoms. The molecule has 7 nitrogen and oxygen atoms in total. The molecule has 2 heterocycles. The SMILES string of the molecule is CN(C(=O)OC(C)(C)C)c1ccc(-c2ccc([C@H]3OC(C)(C)N(C(=O)C(F)F)[C@@H]3CF)cc2)cn1. The number of alkyl halides is 3. The molecular weight excluding hydrogens is 463 g/mol.